The zero-order chi connectivity index (χ0) is 23.9. The van der Waals surface area contributed by atoms with Crippen LogP contribution in [0, 0.1) is 5.82 Å². The van der Waals surface area contributed by atoms with E-state index >= 15 is 0 Å². The van der Waals surface area contributed by atoms with Gasteiger partial charge in [0, 0.05) is 57.6 Å². The Kier molecular flexibility index (Phi) is 7.92. The highest BCUT2D eigenvalue weighted by Gasteiger charge is 2.28. The van der Waals surface area contributed by atoms with Gasteiger partial charge >= 0.3 is 0 Å². The molecule has 0 bridgehead atoms. The van der Waals surface area contributed by atoms with Gasteiger partial charge in [-0.2, -0.15) is 0 Å². The fourth-order valence-electron chi connectivity index (χ4n) is 4.13. The van der Waals surface area contributed by atoms with Gasteiger partial charge in [0.1, 0.15) is 17.3 Å². The lowest BCUT2D eigenvalue weighted by Crippen LogP contribution is -2.43. The molecule has 0 spiro atoms. The second-order valence-electron chi connectivity index (χ2n) is 8.47. The lowest BCUT2D eigenvalue weighted by Gasteiger charge is -2.34. The molecule has 2 aromatic carbocycles. The maximum absolute atomic E-state index is 14.8. The number of benzene rings is 2. The molecule has 0 aliphatic carbocycles. The third-order valence-electron chi connectivity index (χ3n) is 5.92. The van der Waals surface area contributed by atoms with Gasteiger partial charge in [0.15, 0.2) is 0 Å². The van der Waals surface area contributed by atoms with Crippen LogP contribution in [0.15, 0.2) is 55.0 Å². The minimum atomic E-state index is -0.343. The van der Waals surface area contributed by atoms with Crippen molar-refractivity contribution in [3.63, 3.8) is 0 Å². The number of halogens is 1. The van der Waals surface area contributed by atoms with Crippen molar-refractivity contribution >= 4 is 5.91 Å². The van der Waals surface area contributed by atoms with Crippen molar-refractivity contribution in [1.82, 2.24) is 14.5 Å². The second kappa shape index (κ2) is 11.3. The maximum atomic E-state index is 14.8. The highest BCUT2D eigenvalue weighted by Crippen LogP contribution is 2.29. The number of aryl methyl sites for hydroxylation is 1. The molecule has 7 nitrogen and oxygen atoms in total. The van der Waals surface area contributed by atoms with E-state index in [0.29, 0.717) is 55.4 Å². The van der Waals surface area contributed by atoms with Crippen LogP contribution in [-0.2, 0) is 18.3 Å². The summed E-state index contributed by atoms with van der Waals surface area (Å²) >= 11 is 0. The summed E-state index contributed by atoms with van der Waals surface area (Å²) in [5.74, 6) is 0.132. The zero-order valence-corrected chi connectivity index (χ0v) is 19.3. The quantitative estimate of drug-likeness (QED) is 0.485. The van der Waals surface area contributed by atoms with Crippen LogP contribution in [0.1, 0.15) is 35.3 Å². The molecule has 180 valence electrons. The van der Waals surface area contributed by atoms with Crippen LogP contribution in [0.5, 0.6) is 5.75 Å². The predicted molar refractivity (Wildman–Crippen MR) is 126 cm³/mol. The van der Waals surface area contributed by atoms with E-state index in [1.165, 1.54) is 6.07 Å². The zero-order valence-electron chi connectivity index (χ0n) is 19.3. The number of amides is 1. The number of rotatable bonds is 9. The average Bonchev–Trinajstić information content (AvgIpc) is 3.30. The molecule has 0 atom stereocenters. The van der Waals surface area contributed by atoms with Crippen LogP contribution in [0.4, 0.5) is 4.39 Å². The Morgan fingerprint density at radius 2 is 2.09 bits per heavy atom. The first-order chi connectivity index (χ1) is 16.5. The Hall–Kier alpha value is -3.23. The molecule has 34 heavy (non-hydrogen) atoms. The van der Waals surface area contributed by atoms with Gasteiger partial charge < -0.3 is 24.0 Å². The van der Waals surface area contributed by atoms with E-state index in [2.05, 4.69) is 4.98 Å². The molecule has 1 fully saturated rings. The van der Waals surface area contributed by atoms with E-state index in [1.54, 1.807) is 41.4 Å². The average molecular weight is 468 g/mol. The van der Waals surface area contributed by atoms with E-state index in [9.17, 15) is 9.18 Å². The highest BCUT2D eigenvalue weighted by molar-refractivity contribution is 5.92. The molecule has 1 N–H and O–H groups in total. The summed E-state index contributed by atoms with van der Waals surface area (Å²) in [6.45, 7) is 2.00. The molecule has 0 radical (unpaired) electrons. The number of hydrogen-bond acceptors (Lipinski definition) is 5. The van der Waals surface area contributed by atoms with Crippen molar-refractivity contribution in [3.8, 4) is 16.9 Å². The van der Waals surface area contributed by atoms with Gasteiger partial charge in [-0.15, -0.1) is 0 Å². The van der Waals surface area contributed by atoms with Gasteiger partial charge in [-0.1, -0.05) is 18.2 Å². The number of carbonyl (C=O) groups is 1. The van der Waals surface area contributed by atoms with Crippen LogP contribution >= 0.6 is 0 Å². The van der Waals surface area contributed by atoms with Gasteiger partial charge in [0.2, 0.25) is 0 Å². The number of carbonyl (C=O) groups excluding carboxylic acids is 1. The van der Waals surface area contributed by atoms with E-state index < -0.39 is 0 Å². The number of aromatic nitrogens is 2. The van der Waals surface area contributed by atoms with Crippen molar-refractivity contribution in [2.45, 2.75) is 31.8 Å². The lowest BCUT2D eigenvalue weighted by molar-refractivity contribution is 0.0264. The molecule has 3 aromatic rings. The van der Waals surface area contributed by atoms with E-state index in [4.69, 9.17) is 14.6 Å². The Bertz CT molecular complexity index is 1110. The molecule has 1 saturated heterocycles. The number of hydrogen-bond donors (Lipinski definition) is 1. The fraction of sp³-hybridized carbons (Fsp3) is 0.385. The Labute approximate surface area is 198 Å². The van der Waals surface area contributed by atoms with Crippen molar-refractivity contribution in [1.29, 1.82) is 0 Å². The molecule has 2 heterocycles. The number of nitrogens with zero attached hydrogens (tertiary/aromatic N) is 3. The summed E-state index contributed by atoms with van der Waals surface area (Å²) in [6.07, 6.45) is 5.36. The first kappa shape index (κ1) is 23.9. The predicted octanol–water partition coefficient (Wildman–Crippen LogP) is 3.81. The molecular formula is C26H30FN3O4. The molecule has 1 aliphatic rings. The van der Waals surface area contributed by atoms with Gasteiger partial charge in [-0.05, 0) is 48.2 Å². The second-order valence-corrected chi connectivity index (χ2v) is 8.47. The lowest BCUT2D eigenvalue weighted by atomic mass is 10.0. The van der Waals surface area contributed by atoms with Crippen LogP contribution in [-0.4, -0.2) is 57.9 Å². The maximum Gasteiger partial charge on any atom is 0.274 e. The standard InChI is InChI=1S/C26H30FN3O4/c1-29-17-25(28-18-29)26(32)30(21-8-12-33-13-9-21)16-19-6-7-24(27)23(14-19)20-4-2-5-22(15-20)34-11-3-10-31/h2,4-7,14-15,17-18,21,31H,3,8-13,16H2,1H3. The normalized spacial score (nSPS) is 14.2. The summed E-state index contributed by atoms with van der Waals surface area (Å²) in [5, 5.41) is 8.95. The van der Waals surface area contributed by atoms with Gasteiger partial charge in [0.25, 0.3) is 5.91 Å². The Morgan fingerprint density at radius 1 is 1.26 bits per heavy atom. The van der Waals surface area contributed by atoms with Crippen molar-refractivity contribution in [2.24, 2.45) is 7.05 Å². The minimum Gasteiger partial charge on any atom is -0.493 e. The summed E-state index contributed by atoms with van der Waals surface area (Å²) in [5.41, 5.74) is 2.36. The van der Waals surface area contributed by atoms with Crippen LogP contribution in [0.25, 0.3) is 11.1 Å². The topological polar surface area (TPSA) is 76.8 Å². The molecule has 1 aromatic heterocycles. The summed E-state index contributed by atoms with van der Waals surface area (Å²) in [6, 6.07) is 12.2. The van der Waals surface area contributed by atoms with Crippen LogP contribution in [0.3, 0.4) is 0 Å². The number of aliphatic hydroxyl groups excluding tert-OH is 1. The molecule has 0 saturated carbocycles. The number of ether oxygens (including phenoxy) is 2. The number of aliphatic hydroxyl groups is 1. The first-order valence-corrected chi connectivity index (χ1v) is 11.5. The van der Waals surface area contributed by atoms with Gasteiger partial charge in [-0.3, -0.25) is 4.79 Å². The Balaban J connectivity index is 1.59. The Morgan fingerprint density at radius 3 is 2.82 bits per heavy atom. The van der Waals surface area contributed by atoms with Crippen LogP contribution in [0.2, 0.25) is 0 Å². The molecule has 8 heteroatoms. The smallest absolute Gasteiger partial charge is 0.274 e. The SMILES string of the molecule is Cn1cnc(C(=O)N(Cc2ccc(F)c(-c3cccc(OCCCO)c3)c2)C2CCOCC2)c1. The van der Waals surface area contributed by atoms with Crippen LogP contribution < -0.4 is 4.74 Å². The monoisotopic (exact) mass is 467 g/mol. The summed E-state index contributed by atoms with van der Waals surface area (Å²) in [4.78, 5) is 19.4. The summed E-state index contributed by atoms with van der Waals surface area (Å²) in [7, 11) is 1.83. The van der Waals surface area contributed by atoms with E-state index in [1.807, 2.05) is 24.1 Å². The minimum absolute atomic E-state index is 0.0278. The molecule has 1 aliphatic heterocycles. The van der Waals surface area contributed by atoms with Crippen molar-refractivity contribution in [2.75, 3.05) is 26.4 Å². The molecular weight excluding hydrogens is 437 g/mol. The molecule has 4 rings (SSSR count). The third-order valence-corrected chi connectivity index (χ3v) is 5.92. The largest absolute Gasteiger partial charge is 0.493 e. The summed E-state index contributed by atoms with van der Waals surface area (Å²) < 4.78 is 27.7. The highest BCUT2D eigenvalue weighted by atomic mass is 19.1. The van der Waals surface area contributed by atoms with Crippen molar-refractivity contribution in [3.05, 3.63) is 72.1 Å². The first-order valence-electron chi connectivity index (χ1n) is 11.5. The van der Waals surface area contributed by atoms with Gasteiger partial charge in [-0.25, -0.2) is 9.37 Å². The van der Waals surface area contributed by atoms with E-state index in [-0.39, 0.29) is 24.4 Å². The molecule has 1 amide bonds. The number of imidazole rings is 1. The third kappa shape index (κ3) is 5.81. The van der Waals surface area contributed by atoms with Gasteiger partial charge in [0.05, 0.1) is 12.9 Å². The van der Waals surface area contributed by atoms with E-state index in [0.717, 1.165) is 18.4 Å². The fourth-order valence-corrected chi connectivity index (χ4v) is 4.13. The molecule has 0 unspecified atom stereocenters. The van der Waals surface area contributed by atoms with Crippen molar-refractivity contribution < 1.29 is 23.8 Å².